The number of hydrogen-bond acceptors (Lipinski definition) is 6. The Kier molecular flexibility index (Phi) is 3.58. The molecule has 0 radical (unpaired) electrons. The fraction of sp³-hybridized carbons (Fsp3) is 0.714. The van der Waals surface area contributed by atoms with Crippen molar-refractivity contribution in [1.29, 1.82) is 0 Å². The molecule has 2 atom stereocenters. The Balaban J connectivity index is 1.67. The van der Waals surface area contributed by atoms with E-state index >= 15 is 0 Å². The van der Waals surface area contributed by atoms with Crippen LogP contribution in [0.4, 0.5) is 9.93 Å². The molecule has 1 aromatic rings. The van der Waals surface area contributed by atoms with Crippen LogP contribution < -0.4 is 16.0 Å². The number of carbonyl (C=O) groups is 2. The predicted octanol–water partition coefficient (Wildman–Crippen LogP) is 1.63. The summed E-state index contributed by atoms with van der Waals surface area (Å²) in [6, 6.07) is -0.386. The van der Waals surface area contributed by atoms with Crippen LogP contribution in [0.5, 0.6) is 0 Å². The van der Waals surface area contributed by atoms with Crippen LogP contribution in [-0.4, -0.2) is 33.4 Å². The second-order valence-corrected chi connectivity index (χ2v) is 7.77. The predicted molar refractivity (Wildman–Crippen MR) is 83.8 cm³/mol. The maximum absolute atomic E-state index is 12.1. The summed E-state index contributed by atoms with van der Waals surface area (Å²) in [5.74, 6) is 0.684. The lowest BCUT2D eigenvalue weighted by molar-refractivity contribution is -0.125. The SMILES string of the molecule is CC(C)(C)c1nsc(NC[C@@H]2CCC[C@]23NC(=O)NC3=O)n1. The zero-order valence-corrected chi connectivity index (χ0v) is 13.8. The summed E-state index contributed by atoms with van der Waals surface area (Å²) in [5.41, 5.74) is -0.827. The summed E-state index contributed by atoms with van der Waals surface area (Å²) in [4.78, 5) is 28.1. The normalized spacial score (nSPS) is 28.0. The summed E-state index contributed by atoms with van der Waals surface area (Å²) in [5, 5.41) is 9.22. The number of rotatable bonds is 3. The highest BCUT2D eigenvalue weighted by atomic mass is 32.1. The van der Waals surface area contributed by atoms with Gasteiger partial charge in [0.2, 0.25) is 5.13 Å². The molecule has 120 valence electrons. The van der Waals surface area contributed by atoms with Crippen molar-refractivity contribution in [2.24, 2.45) is 5.92 Å². The second kappa shape index (κ2) is 5.19. The number of nitrogens with one attached hydrogen (secondary N) is 3. The molecule has 0 unspecified atom stereocenters. The molecule has 3 amide bonds. The van der Waals surface area contributed by atoms with E-state index in [2.05, 4.69) is 46.1 Å². The highest BCUT2D eigenvalue weighted by Gasteiger charge is 2.54. The Bertz CT molecular complexity index is 609. The first-order chi connectivity index (χ1) is 10.3. The third-order valence-corrected chi connectivity index (χ3v) is 5.06. The van der Waals surface area contributed by atoms with Gasteiger partial charge in [-0.05, 0) is 12.8 Å². The molecule has 1 aromatic heterocycles. The van der Waals surface area contributed by atoms with Gasteiger partial charge in [0.1, 0.15) is 11.4 Å². The van der Waals surface area contributed by atoms with Crippen LogP contribution >= 0.6 is 11.5 Å². The van der Waals surface area contributed by atoms with Crippen molar-refractivity contribution in [2.45, 2.75) is 51.0 Å². The highest BCUT2D eigenvalue weighted by Crippen LogP contribution is 2.38. The molecule has 8 heteroatoms. The number of aromatic nitrogens is 2. The van der Waals surface area contributed by atoms with E-state index in [1.807, 2.05) is 0 Å². The molecule has 1 spiro atoms. The maximum Gasteiger partial charge on any atom is 0.322 e. The summed E-state index contributed by atoms with van der Waals surface area (Å²) in [6.45, 7) is 6.82. The minimum atomic E-state index is -0.748. The van der Waals surface area contributed by atoms with E-state index in [1.165, 1.54) is 11.5 Å². The van der Waals surface area contributed by atoms with Crippen LogP contribution in [0.2, 0.25) is 0 Å². The Morgan fingerprint density at radius 3 is 2.77 bits per heavy atom. The third kappa shape index (κ3) is 2.55. The smallest absolute Gasteiger partial charge is 0.322 e. The standard InChI is InChI=1S/C14H21N5O2S/c1-13(2,3)9-16-12(22-19-9)15-7-8-5-4-6-14(8)10(20)17-11(21)18-14/h8H,4-7H2,1-3H3,(H,15,16,19)(H2,17,18,20,21)/t8-,14-/m0/s1. The van der Waals surface area contributed by atoms with E-state index in [4.69, 9.17) is 0 Å². The van der Waals surface area contributed by atoms with E-state index in [0.29, 0.717) is 13.0 Å². The van der Waals surface area contributed by atoms with Gasteiger partial charge in [0.15, 0.2) is 0 Å². The van der Waals surface area contributed by atoms with E-state index in [9.17, 15) is 9.59 Å². The monoisotopic (exact) mass is 323 g/mol. The molecule has 22 heavy (non-hydrogen) atoms. The van der Waals surface area contributed by atoms with Crippen LogP contribution in [0, 0.1) is 5.92 Å². The molecule has 2 aliphatic rings. The topological polar surface area (TPSA) is 96.0 Å². The molecule has 3 rings (SSSR count). The molecule has 0 aromatic carbocycles. The summed E-state index contributed by atoms with van der Waals surface area (Å²) < 4.78 is 4.37. The van der Waals surface area contributed by atoms with Crippen molar-refractivity contribution in [3.8, 4) is 0 Å². The van der Waals surface area contributed by atoms with Crippen LogP contribution in [0.25, 0.3) is 0 Å². The minimum Gasteiger partial charge on any atom is -0.360 e. The summed E-state index contributed by atoms with van der Waals surface area (Å²) >= 11 is 1.33. The summed E-state index contributed by atoms with van der Waals surface area (Å²) in [6.07, 6.45) is 2.54. The molecule has 1 aliphatic heterocycles. The van der Waals surface area contributed by atoms with Crippen molar-refractivity contribution in [3.05, 3.63) is 5.82 Å². The average molecular weight is 323 g/mol. The molecule has 3 N–H and O–H groups in total. The van der Waals surface area contributed by atoms with Gasteiger partial charge >= 0.3 is 6.03 Å². The van der Waals surface area contributed by atoms with Gasteiger partial charge in [-0.15, -0.1) is 0 Å². The molecule has 7 nitrogen and oxygen atoms in total. The molecule has 0 bridgehead atoms. The van der Waals surface area contributed by atoms with Gasteiger partial charge < -0.3 is 10.6 Å². The van der Waals surface area contributed by atoms with Crippen molar-refractivity contribution in [2.75, 3.05) is 11.9 Å². The van der Waals surface area contributed by atoms with Gasteiger partial charge in [-0.3, -0.25) is 10.1 Å². The number of amides is 3. The number of urea groups is 1. The lowest BCUT2D eigenvalue weighted by atomic mass is 9.87. The highest BCUT2D eigenvalue weighted by molar-refractivity contribution is 7.09. The quantitative estimate of drug-likeness (QED) is 0.735. The van der Waals surface area contributed by atoms with E-state index < -0.39 is 5.54 Å². The molecule has 2 heterocycles. The van der Waals surface area contributed by atoms with Crippen LogP contribution in [0.15, 0.2) is 0 Å². The zero-order chi connectivity index (χ0) is 16.0. The zero-order valence-electron chi connectivity index (χ0n) is 13.0. The first-order valence-corrected chi connectivity index (χ1v) is 8.30. The van der Waals surface area contributed by atoms with Crippen molar-refractivity contribution >= 4 is 28.6 Å². The van der Waals surface area contributed by atoms with Gasteiger partial charge in [-0.2, -0.15) is 4.37 Å². The second-order valence-electron chi connectivity index (χ2n) is 7.02. The number of nitrogens with zero attached hydrogens (tertiary/aromatic N) is 2. The van der Waals surface area contributed by atoms with E-state index in [0.717, 1.165) is 23.8 Å². The number of anilines is 1. The number of hydrogen-bond donors (Lipinski definition) is 3. The molecular weight excluding hydrogens is 302 g/mol. The average Bonchev–Trinajstić information content (AvgIpc) is 3.08. The van der Waals surface area contributed by atoms with Gasteiger partial charge in [0.05, 0.1) is 0 Å². The van der Waals surface area contributed by atoms with Crippen LogP contribution in [0.1, 0.15) is 45.9 Å². The molecule has 1 saturated heterocycles. The van der Waals surface area contributed by atoms with E-state index in [1.54, 1.807) is 0 Å². The summed E-state index contributed by atoms with van der Waals surface area (Å²) in [7, 11) is 0. The molecular formula is C14H21N5O2S. The number of carbonyl (C=O) groups excluding carboxylic acids is 2. The molecule has 1 saturated carbocycles. The molecule has 2 fully saturated rings. The van der Waals surface area contributed by atoms with Crippen molar-refractivity contribution in [3.63, 3.8) is 0 Å². The van der Waals surface area contributed by atoms with Crippen LogP contribution in [-0.2, 0) is 10.2 Å². The van der Waals surface area contributed by atoms with Gasteiger partial charge in [0.25, 0.3) is 5.91 Å². The van der Waals surface area contributed by atoms with Crippen molar-refractivity contribution in [1.82, 2.24) is 20.0 Å². The lowest BCUT2D eigenvalue weighted by Gasteiger charge is -2.28. The maximum atomic E-state index is 12.1. The van der Waals surface area contributed by atoms with Crippen molar-refractivity contribution < 1.29 is 9.59 Å². The Hall–Kier alpha value is -1.70. The Morgan fingerprint density at radius 2 is 2.18 bits per heavy atom. The first-order valence-electron chi connectivity index (χ1n) is 7.53. The first kappa shape index (κ1) is 15.2. The van der Waals surface area contributed by atoms with E-state index in [-0.39, 0.29) is 23.3 Å². The fourth-order valence-electron chi connectivity index (χ4n) is 3.13. The van der Waals surface area contributed by atoms with Gasteiger partial charge in [-0.1, -0.05) is 27.2 Å². The Labute approximate surface area is 133 Å². The number of imide groups is 1. The fourth-order valence-corrected chi connectivity index (χ4v) is 3.90. The Morgan fingerprint density at radius 1 is 1.41 bits per heavy atom. The lowest BCUT2D eigenvalue weighted by Crippen LogP contribution is -2.51. The molecule has 1 aliphatic carbocycles. The third-order valence-electron chi connectivity index (χ3n) is 4.39. The largest absolute Gasteiger partial charge is 0.360 e. The van der Waals surface area contributed by atoms with Gasteiger partial charge in [0, 0.05) is 29.4 Å². The van der Waals surface area contributed by atoms with Crippen LogP contribution in [0.3, 0.4) is 0 Å². The minimum absolute atomic E-state index is 0.0703. The van der Waals surface area contributed by atoms with Gasteiger partial charge in [-0.25, -0.2) is 9.78 Å².